The summed E-state index contributed by atoms with van der Waals surface area (Å²) in [6, 6.07) is 3.00. The minimum atomic E-state index is -0.488. The van der Waals surface area contributed by atoms with Crippen LogP contribution in [0.4, 0.5) is 5.69 Å². The molecule has 7 heteroatoms. The van der Waals surface area contributed by atoms with E-state index in [2.05, 4.69) is 26.2 Å². The topological polar surface area (TPSA) is 64.0 Å². The first-order chi connectivity index (χ1) is 8.97. The highest BCUT2D eigenvalue weighted by molar-refractivity contribution is 9.10. The van der Waals surface area contributed by atoms with Crippen molar-refractivity contribution in [2.24, 2.45) is 7.05 Å². The number of rotatable bonds is 2. The molecule has 0 aliphatic heterocycles. The van der Waals surface area contributed by atoms with Crippen molar-refractivity contribution in [2.75, 3.05) is 5.32 Å². The molecule has 0 aromatic carbocycles. The van der Waals surface area contributed by atoms with Crippen LogP contribution in [0.1, 0.15) is 10.5 Å². The lowest BCUT2D eigenvalue weighted by atomic mass is 10.3. The summed E-state index contributed by atoms with van der Waals surface area (Å²) in [4.78, 5) is 27.7. The van der Waals surface area contributed by atoms with Crippen molar-refractivity contribution in [2.45, 2.75) is 0 Å². The number of amides is 1. The van der Waals surface area contributed by atoms with Crippen LogP contribution in [0.2, 0.25) is 5.02 Å². The average molecular weight is 343 g/mol. The molecule has 19 heavy (non-hydrogen) atoms. The molecule has 0 radical (unpaired) electrons. The van der Waals surface area contributed by atoms with E-state index in [4.69, 9.17) is 11.6 Å². The van der Waals surface area contributed by atoms with Gasteiger partial charge in [0.05, 0.1) is 4.47 Å². The third-order valence-corrected chi connectivity index (χ3v) is 3.11. The molecule has 0 fully saturated rings. The minimum Gasteiger partial charge on any atom is -0.354 e. The van der Waals surface area contributed by atoms with Gasteiger partial charge in [0.1, 0.15) is 11.4 Å². The lowest BCUT2D eigenvalue weighted by molar-refractivity contribution is 0.102. The second kappa shape index (κ2) is 5.54. The van der Waals surface area contributed by atoms with E-state index < -0.39 is 5.91 Å². The molecule has 2 aromatic heterocycles. The van der Waals surface area contributed by atoms with E-state index in [1.165, 1.54) is 18.5 Å². The van der Waals surface area contributed by atoms with Crippen LogP contribution in [-0.4, -0.2) is 15.5 Å². The largest absolute Gasteiger partial charge is 0.354 e. The fraction of sp³-hybridized carbons (Fsp3) is 0.0833. The van der Waals surface area contributed by atoms with Gasteiger partial charge in [-0.1, -0.05) is 11.6 Å². The molecule has 98 valence electrons. The lowest BCUT2D eigenvalue weighted by Gasteiger charge is -2.07. The Morgan fingerprint density at radius 3 is 2.89 bits per heavy atom. The Kier molecular flexibility index (Phi) is 4.01. The van der Waals surface area contributed by atoms with Gasteiger partial charge in [0, 0.05) is 30.7 Å². The quantitative estimate of drug-likeness (QED) is 0.912. The molecule has 5 nitrogen and oxygen atoms in total. The average Bonchev–Trinajstić information content (AvgIpc) is 2.35. The van der Waals surface area contributed by atoms with Gasteiger partial charge in [-0.3, -0.25) is 14.6 Å². The summed E-state index contributed by atoms with van der Waals surface area (Å²) < 4.78 is 2.03. The van der Waals surface area contributed by atoms with E-state index in [-0.39, 0.29) is 16.8 Å². The number of aromatic nitrogens is 2. The summed E-state index contributed by atoms with van der Waals surface area (Å²) >= 11 is 8.91. The molecule has 0 unspecified atom stereocenters. The zero-order valence-corrected chi connectivity index (χ0v) is 12.2. The monoisotopic (exact) mass is 341 g/mol. The van der Waals surface area contributed by atoms with Crippen LogP contribution in [0.25, 0.3) is 0 Å². The van der Waals surface area contributed by atoms with Gasteiger partial charge in [-0.25, -0.2) is 0 Å². The van der Waals surface area contributed by atoms with E-state index in [9.17, 15) is 9.59 Å². The summed E-state index contributed by atoms with van der Waals surface area (Å²) in [5.41, 5.74) is 0.0201. The first-order valence-electron chi connectivity index (χ1n) is 5.26. The number of halogens is 2. The molecule has 2 heterocycles. The number of nitrogens with one attached hydrogen (secondary N) is 1. The number of carbonyl (C=O) groups is 1. The standard InChI is InChI=1S/C12H9BrClN3O2/c1-17-5-8(13)11(18)10(6-17)16-12(19)9-4-7(14)2-3-15-9/h2-6H,1H3,(H,16,19). The Morgan fingerprint density at radius 2 is 2.21 bits per heavy atom. The second-order valence-electron chi connectivity index (χ2n) is 3.83. The van der Waals surface area contributed by atoms with Crippen LogP contribution in [0.3, 0.4) is 0 Å². The van der Waals surface area contributed by atoms with Crippen molar-refractivity contribution >= 4 is 39.1 Å². The first kappa shape index (κ1) is 13.8. The van der Waals surface area contributed by atoms with Crippen LogP contribution in [0.15, 0.2) is 40.0 Å². The van der Waals surface area contributed by atoms with Crippen molar-refractivity contribution in [3.8, 4) is 0 Å². The summed E-state index contributed by atoms with van der Waals surface area (Å²) in [5, 5.41) is 2.92. The fourth-order valence-electron chi connectivity index (χ4n) is 1.47. The van der Waals surface area contributed by atoms with Gasteiger partial charge in [-0.05, 0) is 28.1 Å². The normalized spacial score (nSPS) is 10.3. The van der Waals surface area contributed by atoms with Crippen LogP contribution in [0, 0.1) is 0 Å². The van der Waals surface area contributed by atoms with Gasteiger partial charge in [-0.2, -0.15) is 0 Å². The van der Waals surface area contributed by atoms with Gasteiger partial charge in [-0.15, -0.1) is 0 Å². The molecule has 1 N–H and O–H groups in total. The van der Waals surface area contributed by atoms with Gasteiger partial charge >= 0.3 is 0 Å². The number of carbonyl (C=O) groups excluding carboxylic acids is 1. The maximum absolute atomic E-state index is 11.9. The Labute approximate surface area is 122 Å². The van der Waals surface area contributed by atoms with Crippen molar-refractivity contribution in [1.82, 2.24) is 9.55 Å². The maximum Gasteiger partial charge on any atom is 0.274 e. The third kappa shape index (κ3) is 3.21. The molecule has 1 amide bonds. The van der Waals surface area contributed by atoms with E-state index in [1.807, 2.05) is 0 Å². The molecule has 0 saturated heterocycles. The van der Waals surface area contributed by atoms with Crippen LogP contribution in [0.5, 0.6) is 0 Å². The molecule has 0 atom stereocenters. The second-order valence-corrected chi connectivity index (χ2v) is 5.12. The zero-order valence-electron chi connectivity index (χ0n) is 9.85. The number of hydrogen-bond acceptors (Lipinski definition) is 3. The number of anilines is 1. The van der Waals surface area contributed by atoms with Gasteiger partial charge in [0.15, 0.2) is 0 Å². The molecule has 0 spiro atoms. The van der Waals surface area contributed by atoms with Crippen LogP contribution < -0.4 is 10.7 Å². The fourth-order valence-corrected chi connectivity index (χ4v) is 2.17. The van der Waals surface area contributed by atoms with Crippen molar-refractivity contribution in [1.29, 1.82) is 0 Å². The third-order valence-electron chi connectivity index (χ3n) is 2.31. The Balaban J connectivity index is 2.32. The van der Waals surface area contributed by atoms with Gasteiger partial charge in [0.25, 0.3) is 5.91 Å². The minimum absolute atomic E-state index is 0.148. The maximum atomic E-state index is 11.9. The molecular formula is C12H9BrClN3O2. The first-order valence-corrected chi connectivity index (χ1v) is 6.43. The molecule has 2 aromatic rings. The summed E-state index contributed by atoms with van der Waals surface area (Å²) in [5.74, 6) is -0.488. The summed E-state index contributed by atoms with van der Waals surface area (Å²) in [6.45, 7) is 0. The number of aryl methyl sites for hydroxylation is 1. The van der Waals surface area contributed by atoms with E-state index in [0.717, 1.165) is 0 Å². The zero-order chi connectivity index (χ0) is 14.0. The molecule has 0 aliphatic carbocycles. The van der Waals surface area contributed by atoms with Crippen molar-refractivity contribution < 1.29 is 4.79 Å². The highest BCUT2D eigenvalue weighted by Gasteiger charge is 2.11. The van der Waals surface area contributed by atoms with Gasteiger partial charge in [0.2, 0.25) is 5.43 Å². The number of pyridine rings is 2. The number of nitrogens with zero attached hydrogens (tertiary/aromatic N) is 2. The van der Waals surface area contributed by atoms with E-state index in [0.29, 0.717) is 9.50 Å². The van der Waals surface area contributed by atoms with E-state index >= 15 is 0 Å². The summed E-state index contributed by atoms with van der Waals surface area (Å²) in [7, 11) is 1.75. The smallest absolute Gasteiger partial charge is 0.274 e. The molecule has 0 saturated carbocycles. The molecule has 2 rings (SSSR count). The highest BCUT2D eigenvalue weighted by Crippen LogP contribution is 2.11. The van der Waals surface area contributed by atoms with Crippen LogP contribution >= 0.6 is 27.5 Å². The van der Waals surface area contributed by atoms with Crippen molar-refractivity contribution in [3.63, 3.8) is 0 Å². The Morgan fingerprint density at radius 1 is 1.47 bits per heavy atom. The molecular weight excluding hydrogens is 334 g/mol. The molecule has 0 bridgehead atoms. The molecule has 0 aliphatic rings. The van der Waals surface area contributed by atoms with Crippen LogP contribution in [-0.2, 0) is 7.05 Å². The predicted octanol–water partition coefficient (Wildman–Crippen LogP) is 2.45. The Bertz CT molecular complexity index is 700. The summed E-state index contributed by atoms with van der Waals surface area (Å²) in [6.07, 6.45) is 4.56. The highest BCUT2D eigenvalue weighted by atomic mass is 79.9. The lowest BCUT2D eigenvalue weighted by Crippen LogP contribution is -2.20. The SMILES string of the molecule is Cn1cc(Br)c(=O)c(NC(=O)c2cc(Cl)ccn2)c1. The van der Waals surface area contributed by atoms with Gasteiger partial charge < -0.3 is 9.88 Å². The van der Waals surface area contributed by atoms with E-state index in [1.54, 1.807) is 23.9 Å². The van der Waals surface area contributed by atoms with Crippen molar-refractivity contribution in [3.05, 3.63) is 56.1 Å². The predicted molar refractivity (Wildman–Crippen MR) is 76.6 cm³/mol. The number of hydrogen-bond donors (Lipinski definition) is 1. The Hall–Kier alpha value is -1.66.